The Kier molecular flexibility index (Phi) is 3.06. The van der Waals surface area contributed by atoms with Crippen molar-refractivity contribution in [3.05, 3.63) is 64.1 Å². The average Bonchev–Trinajstić information content (AvgIpc) is 2.29. The third-order valence-corrected chi connectivity index (χ3v) is 2.79. The van der Waals surface area contributed by atoms with Crippen LogP contribution < -0.4 is 5.73 Å². The molecule has 0 aliphatic rings. The molecule has 2 N–H and O–H groups in total. The van der Waals surface area contributed by atoms with E-state index in [1.54, 1.807) is 24.3 Å². The van der Waals surface area contributed by atoms with E-state index in [1.165, 1.54) is 0 Å². The predicted octanol–water partition coefficient (Wildman–Crippen LogP) is 3.26. The van der Waals surface area contributed by atoms with Crippen LogP contribution in [0.5, 0.6) is 0 Å². The maximum Gasteiger partial charge on any atom is 0.195 e. The highest BCUT2D eigenvalue weighted by atomic mass is 79.9. The Balaban J connectivity index is 2.44. The van der Waals surface area contributed by atoms with E-state index >= 15 is 0 Å². The SMILES string of the molecule is Nc1ccccc1C(=O)c1cccc(Br)c1. The van der Waals surface area contributed by atoms with Gasteiger partial charge >= 0.3 is 0 Å². The molecule has 0 aliphatic heterocycles. The minimum Gasteiger partial charge on any atom is -0.398 e. The summed E-state index contributed by atoms with van der Waals surface area (Å²) in [5.41, 5.74) is 7.45. The lowest BCUT2D eigenvalue weighted by molar-refractivity contribution is 0.103. The summed E-state index contributed by atoms with van der Waals surface area (Å²) in [5, 5.41) is 0. The van der Waals surface area contributed by atoms with Gasteiger partial charge in [0.25, 0.3) is 0 Å². The van der Waals surface area contributed by atoms with Gasteiger partial charge in [-0.05, 0) is 24.3 Å². The summed E-state index contributed by atoms with van der Waals surface area (Å²) in [5.74, 6) is -0.0561. The molecule has 0 spiro atoms. The molecule has 2 rings (SSSR count). The van der Waals surface area contributed by atoms with Gasteiger partial charge in [0, 0.05) is 21.3 Å². The van der Waals surface area contributed by atoms with Crippen LogP contribution in [0.3, 0.4) is 0 Å². The fraction of sp³-hybridized carbons (Fsp3) is 0. The van der Waals surface area contributed by atoms with Gasteiger partial charge in [-0.15, -0.1) is 0 Å². The Labute approximate surface area is 102 Å². The summed E-state index contributed by atoms with van der Waals surface area (Å²) in [6, 6.07) is 14.4. The Hall–Kier alpha value is -1.61. The van der Waals surface area contributed by atoms with E-state index in [0.29, 0.717) is 16.8 Å². The largest absolute Gasteiger partial charge is 0.398 e. The van der Waals surface area contributed by atoms with Crippen molar-refractivity contribution < 1.29 is 4.79 Å². The molecule has 2 aromatic rings. The van der Waals surface area contributed by atoms with Crippen LogP contribution in [0.15, 0.2) is 53.0 Å². The van der Waals surface area contributed by atoms with Crippen molar-refractivity contribution in [2.45, 2.75) is 0 Å². The molecule has 0 heterocycles. The number of nitrogen functional groups attached to an aromatic ring is 1. The van der Waals surface area contributed by atoms with Crippen LogP contribution in [-0.2, 0) is 0 Å². The Morgan fingerprint density at radius 3 is 2.50 bits per heavy atom. The van der Waals surface area contributed by atoms with Gasteiger partial charge in [-0.3, -0.25) is 4.79 Å². The van der Waals surface area contributed by atoms with Crippen molar-refractivity contribution >= 4 is 27.4 Å². The molecule has 2 aromatic carbocycles. The van der Waals surface area contributed by atoms with Gasteiger partial charge in [0.2, 0.25) is 0 Å². The first-order chi connectivity index (χ1) is 7.68. The molecular formula is C13H10BrNO. The fourth-order valence-electron chi connectivity index (χ4n) is 1.49. The van der Waals surface area contributed by atoms with Crippen LogP contribution in [0.1, 0.15) is 15.9 Å². The topological polar surface area (TPSA) is 43.1 Å². The molecule has 80 valence electrons. The molecule has 0 bridgehead atoms. The number of ketones is 1. The van der Waals surface area contributed by atoms with Crippen LogP contribution in [-0.4, -0.2) is 5.78 Å². The van der Waals surface area contributed by atoms with Gasteiger partial charge in [-0.25, -0.2) is 0 Å². The van der Waals surface area contributed by atoms with E-state index in [4.69, 9.17) is 5.73 Å². The van der Waals surface area contributed by atoms with Gasteiger partial charge in [-0.1, -0.05) is 40.2 Å². The molecule has 3 heteroatoms. The number of carbonyl (C=O) groups is 1. The number of rotatable bonds is 2. The summed E-state index contributed by atoms with van der Waals surface area (Å²) in [4.78, 5) is 12.1. The van der Waals surface area contributed by atoms with Crippen molar-refractivity contribution in [1.29, 1.82) is 0 Å². The zero-order chi connectivity index (χ0) is 11.5. The Bertz CT molecular complexity index is 537. The normalized spacial score (nSPS) is 10.1. The number of hydrogen-bond acceptors (Lipinski definition) is 2. The summed E-state index contributed by atoms with van der Waals surface area (Å²) in [6.07, 6.45) is 0. The van der Waals surface area contributed by atoms with Crippen molar-refractivity contribution in [3.63, 3.8) is 0 Å². The third-order valence-electron chi connectivity index (χ3n) is 2.29. The lowest BCUT2D eigenvalue weighted by Crippen LogP contribution is -2.04. The highest BCUT2D eigenvalue weighted by molar-refractivity contribution is 9.10. The van der Waals surface area contributed by atoms with Crippen LogP contribution in [0.2, 0.25) is 0 Å². The number of halogens is 1. The molecule has 0 saturated carbocycles. The fourth-order valence-corrected chi connectivity index (χ4v) is 1.89. The molecule has 16 heavy (non-hydrogen) atoms. The smallest absolute Gasteiger partial charge is 0.195 e. The van der Waals surface area contributed by atoms with E-state index in [2.05, 4.69) is 15.9 Å². The molecule has 0 atom stereocenters. The molecule has 0 fully saturated rings. The lowest BCUT2D eigenvalue weighted by atomic mass is 10.0. The van der Waals surface area contributed by atoms with Crippen LogP contribution in [0.4, 0.5) is 5.69 Å². The Morgan fingerprint density at radius 1 is 1.06 bits per heavy atom. The van der Waals surface area contributed by atoms with E-state index in [0.717, 1.165) is 4.47 Å². The molecular weight excluding hydrogens is 266 g/mol. The number of anilines is 1. The van der Waals surface area contributed by atoms with Crippen molar-refractivity contribution in [3.8, 4) is 0 Å². The minimum absolute atomic E-state index is 0.0561. The quantitative estimate of drug-likeness (QED) is 0.675. The summed E-state index contributed by atoms with van der Waals surface area (Å²) >= 11 is 3.34. The van der Waals surface area contributed by atoms with Gasteiger partial charge in [0.15, 0.2) is 5.78 Å². The first-order valence-electron chi connectivity index (χ1n) is 4.83. The summed E-state index contributed by atoms with van der Waals surface area (Å²) < 4.78 is 0.882. The molecule has 0 aromatic heterocycles. The number of benzene rings is 2. The highest BCUT2D eigenvalue weighted by Gasteiger charge is 2.11. The number of nitrogens with two attached hydrogens (primary N) is 1. The zero-order valence-electron chi connectivity index (χ0n) is 8.48. The number of para-hydroxylation sites is 1. The highest BCUT2D eigenvalue weighted by Crippen LogP contribution is 2.18. The van der Waals surface area contributed by atoms with Crippen molar-refractivity contribution in [1.82, 2.24) is 0 Å². The predicted molar refractivity (Wildman–Crippen MR) is 68.4 cm³/mol. The van der Waals surface area contributed by atoms with Gasteiger partial charge in [-0.2, -0.15) is 0 Å². The first kappa shape index (κ1) is 10.9. The molecule has 0 radical (unpaired) electrons. The standard InChI is InChI=1S/C13H10BrNO/c14-10-5-3-4-9(8-10)13(16)11-6-1-2-7-12(11)15/h1-8H,15H2. The van der Waals surface area contributed by atoms with Crippen LogP contribution in [0.25, 0.3) is 0 Å². The summed E-state index contributed by atoms with van der Waals surface area (Å²) in [6.45, 7) is 0. The maximum atomic E-state index is 12.1. The monoisotopic (exact) mass is 275 g/mol. The molecule has 0 amide bonds. The molecule has 0 unspecified atom stereocenters. The average molecular weight is 276 g/mol. The lowest BCUT2D eigenvalue weighted by Gasteiger charge is -2.04. The molecule has 2 nitrogen and oxygen atoms in total. The van der Waals surface area contributed by atoms with E-state index in [9.17, 15) is 4.79 Å². The van der Waals surface area contributed by atoms with E-state index in [-0.39, 0.29) is 5.78 Å². The van der Waals surface area contributed by atoms with Crippen LogP contribution >= 0.6 is 15.9 Å². The number of hydrogen-bond donors (Lipinski definition) is 1. The number of carbonyl (C=O) groups excluding carboxylic acids is 1. The molecule has 0 saturated heterocycles. The zero-order valence-corrected chi connectivity index (χ0v) is 10.1. The first-order valence-corrected chi connectivity index (χ1v) is 5.62. The second-order valence-corrected chi connectivity index (χ2v) is 4.34. The Morgan fingerprint density at radius 2 is 1.81 bits per heavy atom. The molecule has 0 aliphatic carbocycles. The maximum absolute atomic E-state index is 12.1. The second-order valence-electron chi connectivity index (χ2n) is 3.43. The van der Waals surface area contributed by atoms with Crippen molar-refractivity contribution in [2.75, 3.05) is 5.73 Å². The van der Waals surface area contributed by atoms with E-state index in [1.807, 2.05) is 24.3 Å². The summed E-state index contributed by atoms with van der Waals surface area (Å²) in [7, 11) is 0. The minimum atomic E-state index is -0.0561. The van der Waals surface area contributed by atoms with E-state index < -0.39 is 0 Å². The van der Waals surface area contributed by atoms with Gasteiger partial charge < -0.3 is 5.73 Å². The van der Waals surface area contributed by atoms with Crippen LogP contribution in [0, 0.1) is 0 Å². The second kappa shape index (κ2) is 4.49. The van der Waals surface area contributed by atoms with Gasteiger partial charge in [0.05, 0.1) is 0 Å². The van der Waals surface area contributed by atoms with Gasteiger partial charge in [0.1, 0.15) is 0 Å². The third kappa shape index (κ3) is 2.14. The van der Waals surface area contributed by atoms with Crippen molar-refractivity contribution in [2.24, 2.45) is 0 Å².